The number of hydrogen-bond acceptors (Lipinski definition) is 6. The van der Waals surface area contributed by atoms with Gasteiger partial charge in [0.15, 0.2) is 11.5 Å². The molecule has 3 fully saturated rings. The van der Waals surface area contributed by atoms with Gasteiger partial charge in [-0.05, 0) is 25.0 Å². The molecule has 0 aromatic carbocycles. The van der Waals surface area contributed by atoms with Gasteiger partial charge in [-0.25, -0.2) is 0 Å². The highest BCUT2D eigenvalue weighted by Crippen LogP contribution is 2.31. The maximum atomic E-state index is 12.6. The van der Waals surface area contributed by atoms with E-state index in [0.29, 0.717) is 50.9 Å². The molecular weight excluding hydrogens is 320 g/mol. The number of aromatic nitrogens is 2. The standard InChI is InChI=1S/C18H26N4O3/c23-17(22-10-8-18(9-11-22)24-12-13-25-18)15-6-7-16(21-20-15)19-14-4-2-1-3-5-14/h6-7,14H,1-5,8-13H2,(H,19,21). The number of piperidine rings is 1. The number of nitrogens with zero attached hydrogens (tertiary/aromatic N) is 3. The lowest BCUT2D eigenvalue weighted by Crippen LogP contribution is -2.47. The van der Waals surface area contributed by atoms with E-state index in [0.717, 1.165) is 5.82 Å². The Hall–Kier alpha value is -1.73. The Morgan fingerprint density at radius 1 is 1.08 bits per heavy atom. The van der Waals surface area contributed by atoms with E-state index in [1.54, 1.807) is 6.07 Å². The van der Waals surface area contributed by atoms with Crippen molar-refractivity contribution in [1.82, 2.24) is 15.1 Å². The Balaban J connectivity index is 1.33. The number of amides is 1. The summed E-state index contributed by atoms with van der Waals surface area (Å²) in [6.07, 6.45) is 7.66. The highest BCUT2D eigenvalue weighted by atomic mass is 16.7. The van der Waals surface area contributed by atoms with Crippen LogP contribution in [0.2, 0.25) is 0 Å². The second kappa shape index (κ2) is 7.25. The number of ether oxygens (including phenoxy) is 2. The first-order valence-corrected chi connectivity index (χ1v) is 9.42. The molecule has 25 heavy (non-hydrogen) atoms. The van der Waals surface area contributed by atoms with Gasteiger partial charge in [0.05, 0.1) is 13.2 Å². The molecule has 7 heteroatoms. The molecule has 1 aromatic rings. The Morgan fingerprint density at radius 2 is 1.80 bits per heavy atom. The van der Waals surface area contributed by atoms with Gasteiger partial charge in [-0.15, -0.1) is 10.2 Å². The molecule has 1 saturated carbocycles. The molecule has 3 aliphatic rings. The van der Waals surface area contributed by atoms with Crippen molar-refractivity contribution < 1.29 is 14.3 Å². The zero-order chi connectivity index (χ0) is 17.1. The van der Waals surface area contributed by atoms with Crippen LogP contribution < -0.4 is 5.32 Å². The number of carbonyl (C=O) groups is 1. The van der Waals surface area contributed by atoms with Crippen LogP contribution in [0.4, 0.5) is 5.82 Å². The van der Waals surface area contributed by atoms with Gasteiger partial charge in [-0.1, -0.05) is 19.3 Å². The number of hydrogen-bond donors (Lipinski definition) is 1. The predicted octanol–water partition coefficient (Wildman–Crippen LogP) is 2.20. The molecular formula is C18H26N4O3. The van der Waals surface area contributed by atoms with Gasteiger partial charge < -0.3 is 19.7 Å². The lowest BCUT2D eigenvalue weighted by atomic mass is 9.95. The summed E-state index contributed by atoms with van der Waals surface area (Å²) in [4.78, 5) is 14.4. The van der Waals surface area contributed by atoms with Gasteiger partial charge in [0.2, 0.25) is 0 Å². The van der Waals surface area contributed by atoms with Crippen LogP contribution >= 0.6 is 0 Å². The molecule has 136 valence electrons. The van der Waals surface area contributed by atoms with Crippen LogP contribution in [0.15, 0.2) is 12.1 Å². The number of nitrogens with one attached hydrogen (secondary N) is 1. The SMILES string of the molecule is O=C(c1ccc(NC2CCCCC2)nn1)N1CCC2(CC1)OCCO2. The van der Waals surface area contributed by atoms with E-state index in [2.05, 4.69) is 15.5 Å². The molecule has 2 aliphatic heterocycles. The van der Waals surface area contributed by atoms with E-state index in [4.69, 9.17) is 9.47 Å². The third-order valence-corrected chi connectivity index (χ3v) is 5.47. The van der Waals surface area contributed by atoms with Gasteiger partial charge >= 0.3 is 0 Å². The quantitative estimate of drug-likeness (QED) is 0.904. The molecule has 1 amide bonds. The van der Waals surface area contributed by atoms with Gasteiger partial charge in [-0.2, -0.15) is 0 Å². The van der Waals surface area contributed by atoms with Crippen molar-refractivity contribution in [3.8, 4) is 0 Å². The van der Waals surface area contributed by atoms with Crippen LogP contribution in [-0.2, 0) is 9.47 Å². The van der Waals surface area contributed by atoms with E-state index in [1.807, 2.05) is 11.0 Å². The Kier molecular flexibility index (Phi) is 4.85. The van der Waals surface area contributed by atoms with Crippen molar-refractivity contribution in [2.75, 3.05) is 31.6 Å². The Labute approximate surface area is 148 Å². The Morgan fingerprint density at radius 3 is 2.44 bits per heavy atom. The van der Waals surface area contributed by atoms with Gasteiger partial charge in [-0.3, -0.25) is 4.79 Å². The minimum atomic E-state index is -0.462. The first-order valence-electron chi connectivity index (χ1n) is 9.42. The van der Waals surface area contributed by atoms with Crippen molar-refractivity contribution in [3.63, 3.8) is 0 Å². The van der Waals surface area contributed by atoms with Crippen molar-refractivity contribution in [2.45, 2.75) is 56.8 Å². The first kappa shape index (κ1) is 16.7. The summed E-state index contributed by atoms with van der Waals surface area (Å²) < 4.78 is 11.4. The minimum Gasteiger partial charge on any atom is -0.366 e. The van der Waals surface area contributed by atoms with Crippen molar-refractivity contribution in [2.24, 2.45) is 0 Å². The maximum absolute atomic E-state index is 12.6. The summed E-state index contributed by atoms with van der Waals surface area (Å²) in [6, 6.07) is 4.12. The normalized spacial score (nSPS) is 23.8. The topological polar surface area (TPSA) is 76.6 Å². The lowest BCUT2D eigenvalue weighted by molar-refractivity contribution is -0.181. The molecule has 0 radical (unpaired) electrons. The van der Waals surface area contributed by atoms with Gasteiger partial charge in [0.25, 0.3) is 5.91 Å². The highest BCUT2D eigenvalue weighted by molar-refractivity contribution is 5.92. The molecule has 3 heterocycles. The summed E-state index contributed by atoms with van der Waals surface area (Å²) in [5, 5.41) is 11.8. The average Bonchev–Trinajstić information content (AvgIpc) is 3.11. The van der Waals surface area contributed by atoms with Crippen molar-refractivity contribution >= 4 is 11.7 Å². The largest absolute Gasteiger partial charge is 0.366 e. The van der Waals surface area contributed by atoms with E-state index in [-0.39, 0.29) is 5.91 Å². The van der Waals surface area contributed by atoms with Crippen molar-refractivity contribution in [3.05, 3.63) is 17.8 Å². The molecule has 4 rings (SSSR count). The number of anilines is 1. The second-order valence-corrected chi connectivity index (χ2v) is 7.18. The smallest absolute Gasteiger partial charge is 0.274 e. The molecule has 1 aliphatic carbocycles. The number of likely N-dealkylation sites (tertiary alicyclic amines) is 1. The first-order chi connectivity index (χ1) is 12.2. The minimum absolute atomic E-state index is 0.0652. The summed E-state index contributed by atoms with van der Waals surface area (Å²) in [6.45, 7) is 2.55. The average molecular weight is 346 g/mol. The molecule has 0 bridgehead atoms. The number of rotatable bonds is 3. The molecule has 2 saturated heterocycles. The van der Waals surface area contributed by atoms with E-state index in [1.165, 1.54) is 32.1 Å². The molecule has 1 aromatic heterocycles. The summed E-state index contributed by atoms with van der Waals surface area (Å²) in [7, 11) is 0. The van der Waals surface area contributed by atoms with E-state index in [9.17, 15) is 4.79 Å². The lowest BCUT2D eigenvalue weighted by Gasteiger charge is -2.37. The van der Waals surface area contributed by atoms with Gasteiger partial charge in [0.1, 0.15) is 5.82 Å². The fraction of sp³-hybridized carbons (Fsp3) is 0.722. The highest BCUT2D eigenvalue weighted by Gasteiger charge is 2.41. The fourth-order valence-corrected chi connectivity index (χ4v) is 3.98. The van der Waals surface area contributed by atoms with Crippen LogP contribution in [0.5, 0.6) is 0 Å². The zero-order valence-electron chi connectivity index (χ0n) is 14.6. The monoisotopic (exact) mass is 346 g/mol. The molecule has 0 atom stereocenters. The number of carbonyl (C=O) groups excluding carboxylic acids is 1. The fourth-order valence-electron chi connectivity index (χ4n) is 3.98. The van der Waals surface area contributed by atoms with Crippen LogP contribution in [0.3, 0.4) is 0 Å². The van der Waals surface area contributed by atoms with Crippen LogP contribution in [0.1, 0.15) is 55.4 Å². The summed E-state index contributed by atoms with van der Waals surface area (Å²) in [5.74, 6) is 0.231. The molecule has 1 spiro atoms. The van der Waals surface area contributed by atoms with E-state index >= 15 is 0 Å². The van der Waals surface area contributed by atoms with Crippen LogP contribution in [0, 0.1) is 0 Å². The molecule has 7 nitrogen and oxygen atoms in total. The summed E-state index contributed by atoms with van der Waals surface area (Å²) in [5.41, 5.74) is 0.401. The third-order valence-electron chi connectivity index (χ3n) is 5.47. The van der Waals surface area contributed by atoms with Crippen molar-refractivity contribution in [1.29, 1.82) is 0 Å². The van der Waals surface area contributed by atoms with Crippen LogP contribution in [0.25, 0.3) is 0 Å². The molecule has 0 unspecified atom stereocenters. The van der Waals surface area contributed by atoms with Gasteiger partial charge in [0, 0.05) is 32.0 Å². The van der Waals surface area contributed by atoms with E-state index < -0.39 is 5.79 Å². The maximum Gasteiger partial charge on any atom is 0.274 e. The predicted molar refractivity (Wildman–Crippen MR) is 92.3 cm³/mol. The molecule has 1 N–H and O–H groups in total. The zero-order valence-corrected chi connectivity index (χ0v) is 14.6. The second-order valence-electron chi connectivity index (χ2n) is 7.18. The third kappa shape index (κ3) is 3.77. The Bertz CT molecular complexity index is 585. The van der Waals surface area contributed by atoms with Crippen LogP contribution in [-0.4, -0.2) is 59.1 Å². The summed E-state index contributed by atoms with van der Waals surface area (Å²) >= 11 is 0.